The Morgan fingerprint density at radius 3 is 2.30 bits per heavy atom. The third kappa shape index (κ3) is 4.14. The van der Waals surface area contributed by atoms with Crippen molar-refractivity contribution in [2.75, 3.05) is 17.3 Å². The number of amides is 1. The van der Waals surface area contributed by atoms with E-state index in [0.29, 0.717) is 17.4 Å². The molecule has 0 unspecified atom stereocenters. The minimum Gasteiger partial charge on any atom is -0.321 e. The third-order valence-corrected chi connectivity index (χ3v) is 4.51. The molecule has 0 fully saturated rings. The maximum atomic E-state index is 12.7. The lowest BCUT2D eigenvalue weighted by atomic mass is 9.98. The van der Waals surface area contributed by atoms with Crippen LogP contribution < -0.4 is 10.2 Å². The van der Waals surface area contributed by atoms with Crippen molar-refractivity contribution in [2.45, 2.75) is 26.7 Å². The summed E-state index contributed by atoms with van der Waals surface area (Å²) in [5.41, 5.74) is 4.43. The van der Waals surface area contributed by atoms with Crippen molar-refractivity contribution in [1.82, 2.24) is 9.97 Å². The second-order valence-corrected chi connectivity index (χ2v) is 6.81. The van der Waals surface area contributed by atoms with Gasteiger partial charge in [0, 0.05) is 30.8 Å². The Balaban J connectivity index is 1.79. The van der Waals surface area contributed by atoms with Crippen LogP contribution >= 0.6 is 0 Å². The lowest BCUT2D eigenvalue weighted by molar-refractivity contribution is 0.102. The minimum absolute atomic E-state index is 0.208. The van der Waals surface area contributed by atoms with E-state index in [9.17, 15) is 4.79 Å². The quantitative estimate of drug-likeness (QED) is 0.701. The maximum absolute atomic E-state index is 12.7. The van der Waals surface area contributed by atoms with Gasteiger partial charge in [-0.2, -0.15) is 0 Å². The fraction of sp³-hybridized carbons (Fsp3) is 0.227. The van der Waals surface area contributed by atoms with Gasteiger partial charge in [0.2, 0.25) is 5.95 Å². The number of hydrogen-bond donors (Lipinski definition) is 1. The summed E-state index contributed by atoms with van der Waals surface area (Å²) in [4.78, 5) is 23.3. The molecule has 1 heterocycles. The molecule has 0 radical (unpaired) electrons. The largest absolute Gasteiger partial charge is 0.321 e. The van der Waals surface area contributed by atoms with Gasteiger partial charge >= 0.3 is 0 Å². The number of benzene rings is 2. The molecule has 0 bridgehead atoms. The van der Waals surface area contributed by atoms with E-state index in [1.807, 2.05) is 67.4 Å². The molecule has 3 rings (SSSR count). The summed E-state index contributed by atoms with van der Waals surface area (Å²) in [5, 5.41) is 3.02. The van der Waals surface area contributed by atoms with Gasteiger partial charge in [0.25, 0.3) is 5.91 Å². The zero-order chi connectivity index (χ0) is 19.4. The molecule has 2 aromatic carbocycles. The Kier molecular flexibility index (Phi) is 5.50. The summed E-state index contributed by atoms with van der Waals surface area (Å²) in [6, 6.07) is 15.9. The normalized spacial score (nSPS) is 10.7. The molecule has 0 aliphatic rings. The Morgan fingerprint density at radius 2 is 1.67 bits per heavy atom. The van der Waals surface area contributed by atoms with Crippen LogP contribution in [-0.2, 0) is 0 Å². The Morgan fingerprint density at radius 1 is 1.00 bits per heavy atom. The van der Waals surface area contributed by atoms with Gasteiger partial charge in [-0.15, -0.1) is 0 Å². The van der Waals surface area contributed by atoms with E-state index in [4.69, 9.17) is 0 Å². The second-order valence-electron chi connectivity index (χ2n) is 6.81. The first-order valence-corrected chi connectivity index (χ1v) is 8.99. The molecule has 0 aliphatic carbocycles. The molecule has 5 heteroatoms. The SMILES string of the molecule is Cc1cccc(C(C)C)c1NC(=O)c1cnc(N(C)c2ccccc2)nc1. The van der Waals surface area contributed by atoms with Crippen LogP contribution in [0.2, 0.25) is 0 Å². The van der Waals surface area contributed by atoms with Gasteiger partial charge < -0.3 is 10.2 Å². The molecule has 0 saturated carbocycles. The monoisotopic (exact) mass is 360 g/mol. The molecule has 0 atom stereocenters. The van der Waals surface area contributed by atoms with Crippen LogP contribution in [0.1, 0.15) is 41.3 Å². The van der Waals surface area contributed by atoms with Gasteiger partial charge in [-0.05, 0) is 36.1 Å². The molecule has 0 saturated heterocycles. The standard InChI is InChI=1S/C22H24N4O/c1-15(2)19-12-8-9-16(3)20(19)25-21(27)17-13-23-22(24-14-17)26(4)18-10-6-5-7-11-18/h5-15H,1-4H3,(H,25,27). The highest BCUT2D eigenvalue weighted by Gasteiger charge is 2.15. The molecular formula is C22H24N4O. The number of rotatable bonds is 5. The summed E-state index contributed by atoms with van der Waals surface area (Å²) in [5.74, 6) is 0.648. The van der Waals surface area contributed by atoms with Crippen LogP contribution in [0.15, 0.2) is 60.9 Å². The summed E-state index contributed by atoms with van der Waals surface area (Å²) < 4.78 is 0. The third-order valence-electron chi connectivity index (χ3n) is 4.51. The zero-order valence-corrected chi connectivity index (χ0v) is 16.1. The smallest absolute Gasteiger partial charge is 0.258 e. The van der Waals surface area contributed by atoms with Crippen LogP contribution in [0.25, 0.3) is 0 Å². The van der Waals surface area contributed by atoms with Gasteiger partial charge in [-0.3, -0.25) is 4.79 Å². The summed E-state index contributed by atoms with van der Waals surface area (Å²) in [7, 11) is 1.90. The summed E-state index contributed by atoms with van der Waals surface area (Å²) in [6.45, 7) is 6.22. The molecule has 27 heavy (non-hydrogen) atoms. The van der Waals surface area contributed by atoms with E-state index in [2.05, 4.69) is 29.1 Å². The van der Waals surface area contributed by atoms with Crippen LogP contribution in [-0.4, -0.2) is 22.9 Å². The highest BCUT2D eigenvalue weighted by molar-refractivity contribution is 6.04. The van der Waals surface area contributed by atoms with Crippen molar-refractivity contribution in [1.29, 1.82) is 0 Å². The summed E-state index contributed by atoms with van der Waals surface area (Å²) >= 11 is 0. The molecular weight excluding hydrogens is 336 g/mol. The first-order valence-electron chi connectivity index (χ1n) is 8.99. The molecule has 1 aromatic heterocycles. The van der Waals surface area contributed by atoms with Crippen LogP contribution in [0.5, 0.6) is 0 Å². The van der Waals surface area contributed by atoms with Crippen molar-refractivity contribution < 1.29 is 4.79 Å². The second kappa shape index (κ2) is 7.99. The lowest BCUT2D eigenvalue weighted by Gasteiger charge is -2.18. The lowest BCUT2D eigenvalue weighted by Crippen LogP contribution is -2.17. The Bertz CT molecular complexity index is 921. The van der Waals surface area contributed by atoms with Crippen molar-refractivity contribution in [3.8, 4) is 0 Å². The van der Waals surface area contributed by atoms with Crippen molar-refractivity contribution in [2.24, 2.45) is 0 Å². The predicted octanol–water partition coefficient (Wildman–Crippen LogP) is 4.93. The van der Waals surface area contributed by atoms with Gasteiger partial charge in [-0.1, -0.05) is 50.2 Å². The fourth-order valence-electron chi connectivity index (χ4n) is 2.91. The number of carbonyl (C=O) groups excluding carboxylic acids is 1. The molecule has 138 valence electrons. The molecule has 5 nitrogen and oxygen atoms in total. The topological polar surface area (TPSA) is 58.1 Å². The average Bonchev–Trinajstić information content (AvgIpc) is 2.69. The maximum Gasteiger partial charge on any atom is 0.258 e. The fourth-order valence-corrected chi connectivity index (χ4v) is 2.91. The van der Waals surface area contributed by atoms with E-state index in [1.54, 1.807) is 12.4 Å². The van der Waals surface area contributed by atoms with E-state index in [1.165, 1.54) is 0 Å². The summed E-state index contributed by atoms with van der Waals surface area (Å²) in [6.07, 6.45) is 3.12. The van der Waals surface area contributed by atoms with Gasteiger partial charge in [-0.25, -0.2) is 9.97 Å². The molecule has 0 aliphatic heterocycles. The zero-order valence-electron chi connectivity index (χ0n) is 16.1. The first-order chi connectivity index (χ1) is 13.0. The molecule has 1 N–H and O–H groups in total. The van der Waals surface area contributed by atoms with Crippen molar-refractivity contribution >= 4 is 23.2 Å². The van der Waals surface area contributed by atoms with E-state index < -0.39 is 0 Å². The minimum atomic E-state index is -0.208. The number of carbonyl (C=O) groups is 1. The molecule has 3 aromatic rings. The van der Waals surface area contributed by atoms with Crippen LogP contribution in [0.3, 0.4) is 0 Å². The van der Waals surface area contributed by atoms with Crippen LogP contribution in [0.4, 0.5) is 17.3 Å². The molecule has 0 spiro atoms. The number of aromatic nitrogens is 2. The van der Waals surface area contributed by atoms with E-state index in [0.717, 1.165) is 22.5 Å². The number of hydrogen-bond acceptors (Lipinski definition) is 4. The highest BCUT2D eigenvalue weighted by atomic mass is 16.1. The average molecular weight is 360 g/mol. The number of anilines is 3. The van der Waals surface area contributed by atoms with Crippen LogP contribution in [0, 0.1) is 6.92 Å². The van der Waals surface area contributed by atoms with Gasteiger partial charge in [0.05, 0.1) is 5.56 Å². The predicted molar refractivity (Wildman–Crippen MR) is 110 cm³/mol. The van der Waals surface area contributed by atoms with E-state index >= 15 is 0 Å². The first kappa shape index (κ1) is 18.6. The Hall–Kier alpha value is -3.21. The number of nitrogens with one attached hydrogen (secondary N) is 1. The molecule has 1 amide bonds. The number of nitrogens with zero attached hydrogens (tertiary/aromatic N) is 3. The number of aryl methyl sites for hydroxylation is 1. The number of para-hydroxylation sites is 2. The van der Waals surface area contributed by atoms with E-state index in [-0.39, 0.29) is 5.91 Å². The highest BCUT2D eigenvalue weighted by Crippen LogP contribution is 2.28. The van der Waals surface area contributed by atoms with Gasteiger partial charge in [0.15, 0.2) is 0 Å². The van der Waals surface area contributed by atoms with Crippen molar-refractivity contribution in [3.05, 3.63) is 77.6 Å². The van der Waals surface area contributed by atoms with Gasteiger partial charge in [0.1, 0.15) is 0 Å². The Labute approximate surface area is 160 Å². The van der Waals surface area contributed by atoms with Crippen molar-refractivity contribution in [3.63, 3.8) is 0 Å².